The van der Waals surface area contributed by atoms with E-state index in [9.17, 15) is 9.59 Å². The van der Waals surface area contributed by atoms with Crippen LogP contribution in [0.1, 0.15) is 13.3 Å². The maximum Gasteiger partial charge on any atom is 0.410 e. The van der Waals surface area contributed by atoms with Gasteiger partial charge in [0.1, 0.15) is 5.75 Å². The number of rotatable bonds is 7. The Morgan fingerprint density at radius 3 is 2.63 bits per heavy atom. The monoisotopic (exact) mass is 375 g/mol. The highest BCUT2D eigenvalue weighted by molar-refractivity contribution is 5.95. The normalized spacial score (nSPS) is 14.3. The number of carbonyl (C=O) groups excluding carboxylic acids is 2. The lowest BCUT2D eigenvalue weighted by Crippen LogP contribution is -3.15. The summed E-state index contributed by atoms with van der Waals surface area (Å²) < 4.78 is 10.4. The first-order valence-electron chi connectivity index (χ1n) is 9.16. The van der Waals surface area contributed by atoms with Gasteiger partial charge in [0.2, 0.25) is 0 Å². The predicted molar refractivity (Wildman–Crippen MR) is 99.7 cm³/mol. The molecule has 2 amide bonds. The zero-order valence-electron chi connectivity index (χ0n) is 15.9. The molecule has 146 valence electrons. The molecule has 1 N–H and O–H groups in total. The van der Waals surface area contributed by atoms with Crippen LogP contribution in [0.3, 0.4) is 0 Å². The fourth-order valence-corrected chi connectivity index (χ4v) is 3.10. The van der Waals surface area contributed by atoms with E-state index in [0.717, 1.165) is 4.90 Å². The standard InChI is InChI=1S/C19H26N4O4/c1-3-27-19(25)22-13-11-21(12-14-22)15-18(24)23(10-6-9-20)16-7-4-5-8-17(16)26-2/h4-5,7-8H,3,6,10-15H2,1-2H3/p+1. The zero-order chi connectivity index (χ0) is 19.6. The average molecular weight is 375 g/mol. The molecule has 0 radical (unpaired) electrons. The number of amides is 2. The Kier molecular flexibility index (Phi) is 7.89. The van der Waals surface area contributed by atoms with Crippen LogP contribution in [0, 0.1) is 11.3 Å². The van der Waals surface area contributed by atoms with Gasteiger partial charge >= 0.3 is 6.09 Å². The molecule has 8 nitrogen and oxygen atoms in total. The zero-order valence-corrected chi connectivity index (χ0v) is 15.9. The van der Waals surface area contributed by atoms with E-state index in [2.05, 4.69) is 6.07 Å². The number of piperazine rings is 1. The molecule has 0 unspecified atom stereocenters. The van der Waals surface area contributed by atoms with Crippen molar-refractivity contribution in [3.8, 4) is 11.8 Å². The van der Waals surface area contributed by atoms with Crippen molar-refractivity contribution in [2.24, 2.45) is 0 Å². The minimum atomic E-state index is -0.299. The summed E-state index contributed by atoms with van der Waals surface area (Å²) in [6.45, 7) is 5.26. The molecule has 27 heavy (non-hydrogen) atoms. The Balaban J connectivity index is 2.01. The van der Waals surface area contributed by atoms with E-state index in [1.807, 2.05) is 18.2 Å². The van der Waals surface area contributed by atoms with Gasteiger partial charge < -0.3 is 19.3 Å². The number of anilines is 1. The van der Waals surface area contributed by atoms with Gasteiger partial charge in [-0.2, -0.15) is 5.26 Å². The van der Waals surface area contributed by atoms with Crippen molar-refractivity contribution in [3.63, 3.8) is 0 Å². The number of quaternary nitrogens is 1. The largest absolute Gasteiger partial charge is 0.495 e. The summed E-state index contributed by atoms with van der Waals surface area (Å²) in [6.07, 6.45) is -0.0528. The quantitative estimate of drug-likeness (QED) is 0.741. The molecule has 0 aromatic heterocycles. The third-order valence-corrected chi connectivity index (χ3v) is 4.52. The van der Waals surface area contributed by atoms with E-state index < -0.39 is 0 Å². The van der Waals surface area contributed by atoms with Gasteiger partial charge in [0.15, 0.2) is 6.54 Å². The molecule has 1 aliphatic rings. The van der Waals surface area contributed by atoms with Crippen molar-refractivity contribution < 1.29 is 24.0 Å². The molecule has 1 aromatic rings. The first-order valence-corrected chi connectivity index (χ1v) is 9.16. The molecule has 1 saturated heterocycles. The highest BCUT2D eigenvalue weighted by atomic mass is 16.6. The Bertz CT molecular complexity index is 681. The smallest absolute Gasteiger partial charge is 0.410 e. The van der Waals surface area contributed by atoms with E-state index >= 15 is 0 Å². The summed E-state index contributed by atoms with van der Waals surface area (Å²) in [7, 11) is 1.56. The number of methoxy groups -OCH3 is 1. The number of ether oxygens (including phenoxy) is 2. The van der Waals surface area contributed by atoms with Gasteiger partial charge in [0.25, 0.3) is 5.91 Å². The molecule has 0 bridgehead atoms. The Hall–Kier alpha value is -2.79. The van der Waals surface area contributed by atoms with Gasteiger partial charge in [-0.3, -0.25) is 9.69 Å². The Labute approximate surface area is 159 Å². The second kappa shape index (κ2) is 10.4. The fraction of sp³-hybridized carbons (Fsp3) is 0.526. The molecule has 1 aromatic carbocycles. The van der Waals surface area contributed by atoms with Crippen molar-refractivity contribution >= 4 is 17.7 Å². The summed E-state index contributed by atoms with van der Waals surface area (Å²) in [5, 5.41) is 8.94. The number of para-hydroxylation sites is 2. The minimum Gasteiger partial charge on any atom is -0.495 e. The lowest BCUT2D eigenvalue weighted by atomic mass is 10.2. The van der Waals surface area contributed by atoms with Crippen LogP contribution in [0.5, 0.6) is 5.75 Å². The first kappa shape index (κ1) is 20.5. The molecule has 1 heterocycles. The van der Waals surface area contributed by atoms with Crippen LogP contribution in [-0.2, 0) is 9.53 Å². The maximum atomic E-state index is 12.9. The molecule has 8 heteroatoms. The lowest BCUT2D eigenvalue weighted by Gasteiger charge is -2.32. The van der Waals surface area contributed by atoms with Crippen LogP contribution in [0.2, 0.25) is 0 Å². The number of nitriles is 1. The van der Waals surface area contributed by atoms with Crippen LogP contribution in [0.15, 0.2) is 24.3 Å². The Morgan fingerprint density at radius 1 is 1.30 bits per heavy atom. The number of hydrogen-bond donors (Lipinski definition) is 1. The first-order chi connectivity index (χ1) is 13.1. The van der Waals surface area contributed by atoms with Crippen LogP contribution < -0.4 is 14.5 Å². The summed E-state index contributed by atoms with van der Waals surface area (Å²) in [4.78, 5) is 29.1. The van der Waals surface area contributed by atoms with Crippen LogP contribution in [0.25, 0.3) is 0 Å². The van der Waals surface area contributed by atoms with Gasteiger partial charge in [-0.15, -0.1) is 0 Å². The molecular weight excluding hydrogens is 348 g/mol. The van der Waals surface area contributed by atoms with E-state index in [4.69, 9.17) is 14.7 Å². The van der Waals surface area contributed by atoms with E-state index in [1.165, 1.54) is 0 Å². The van der Waals surface area contributed by atoms with Crippen LogP contribution >= 0.6 is 0 Å². The van der Waals surface area contributed by atoms with Crippen molar-refractivity contribution in [1.82, 2.24) is 4.90 Å². The highest BCUT2D eigenvalue weighted by Gasteiger charge is 2.28. The van der Waals surface area contributed by atoms with Crippen molar-refractivity contribution in [2.75, 3.05) is 57.9 Å². The third kappa shape index (κ3) is 5.59. The second-order valence-electron chi connectivity index (χ2n) is 6.24. The lowest BCUT2D eigenvalue weighted by molar-refractivity contribution is -0.895. The van der Waals surface area contributed by atoms with Gasteiger partial charge in [-0.1, -0.05) is 12.1 Å². The molecular formula is C19H27N4O4+. The molecule has 0 saturated carbocycles. The SMILES string of the molecule is CCOC(=O)N1CC[NH+](CC(=O)N(CCC#N)c2ccccc2OC)CC1. The summed E-state index contributed by atoms with van der Waals surface area (Å²) in [5.41, 5.74) is 0.671. The summed E-state index contributed by atoms with van der Waals surface area (Å²) in [6, 6.07) is 9.40. The molecule has 0 aliphatic carbocycles. The van der Waals surface area contributed by atoms with E-state index in [1.54, 1.807) is 29.9 Å². The molecule has 0 atom stereocenters. The maximum absolute atomic E-state index is 12.9. The number of benzene rings is 1. The molecule has 0 spiro atoms. The second-order valence-corrected chi connectivity index (χ2v) is 6.24. The average Bonchev–Trinajstić information content (AvgIpc) is 2.69. The minimum absolute atomic E-state index is 0.0608. The van der Waals surface area contributed by atoms with Gasteiger partial charge in [-0.25, -0.2) is 4.79 Å². The predicted octanol–water partition coefficient (Wildman–Crippen LogP) is 0.299. The molecule has 2 rings (SSSR count). The number of hydrogen-bond acceptors (Lipinski definition) is 5. The number of nitrogens with one attached hydrogen (secondary N) is 1. The van der Waals surface area contributed by atoms with Crippen LogP contribution in [-0.4, -0.2) is 69.9 Å². The van der Waals surface area contributed by atoms with Crippen LogP contribution in [0.4, 0.5) is 10.5 Å². The molecule has 1 aliphatic heterocycles. The number of carbonyl (C=O) groups is 2. The molecule has 1 fully saturated rings. The topological polar surface area (TPSA) is 87.3 Å². The van der Waals surface area contributed by atoms with E-state index in [-0.39, 0.29) is 18.4 Å². The summed E-state index contributed by atoms with van der Waals surface area (Å²) in [5.74, 6) is 0.542. The highest BCUT2D eigenvalue weighted by Crippen LogP contribution is 2.27. The van der Waals surface area contributed by atoms with E-state index in [0.29, 0.717) is 57.3 Å². The number of nitrogens with zero attached hydrogens (tertiary/aromatic N) is 3. The van der Waals surface area contributed by atoms with Crippen molar-refractivity contribution in [2.45, 2.75) is 13.3 Å². The third-order valence-electron chi connectivity index (χ3n) is 4.52. The van der Waals surface area contributed by atoms with Gasteiger partial charge in [-0.05, 0) is 19.1 Å². The Morgan fingerprint density at radius 2 is 2.00 bits per heavy atom. The summed E-state index contributed by atoms with van der Waals surface area (Å²) >= 11 is 0. The van der Waals surface area contributed by atoms with Crippen molar-refractivity contribution in [3.05, 3.63) is 24.3 Å². The van der Waals surface area contributed by atoms with Crippen molar-refractivity contribution in [1.29, 1.82) is 5.26 Å². The van der Waals surface area contributed by atoms with Gasteiger partial charge in [0, 0.05) is 6.54 Å². The fourth-order valence-electron chi connectivity index (χ4n) is 3.10. The van der Waals surface area contributed by atoms with Gasteiger partial charge in [0.05, 0.1) is 58.1 Å².